The average molecular weight is 183 g/mol. The molecule has 0 saturated carbocycles. The van der Waals surface area contributed by atoms with Crippen LogP contribution in [0.1, 0.15) is 27.2 Å². The Kier molecular flexibility index (Phi) is 3.94. The van der Waals surface area contributed by atoms with E-state index in [1.54, 1.807) is 0 Å². The fourth-order valence-electron chi connectivity index (χ4n) is 1.70. The molecule has 76 valence electrons. The van der Waals surface area contributed by atoms with Gasteiger partial charge in [-0.1, -0.05) is 19.1 Å². The summed E-state index contributed by atoms with van der Waals surface area (Å²) in [7, 11) is 0. The van der Waals surface area contributed by atoms with Crippen LogP contribution in [0.15, 0.2) is 12.2 Å². The normalized spacial score (nSPS) is 31.3. The quantitative estimate of drug-likeness (QED) is 0.621. The highest BCUT2D eigenvalue weighted by atomic mass is 16.5. The summed E-state index contributed by atoms with van der Waals surface area (Å²) >= 11 is 0. The minimum atomic E-state index is 0.248. The van der Waals surface area contributed by atoms with Gasteiger partial charge in [0, 0.05) is 18.6 Å². The van der Waals surface area contributed by atoms with Crippen LogP contribution in [0.2, 0.25) is 0 Å². The lowest BCUT2D eigenvalue weighted by molar-refractivity contribution is -0.0560. The molecule has 1 heterocycles. The van der Waals surface area contributed by atoms with E-state index in [4.69, 9.17) is 4.74 Å². The van der Waals surface area contributed by atoms with E-state index in [1.165, 1.54) is 0 Å². The number of allylic oxidation sites excluding steroid dienone is 1. The summed E-state index contributed by atoms with van der Waals surface area (Å²) in [4.78, 5) is 2.51. The standard InChI is InChI=1S/C11H21NO/c1-4-6-7-12-8-9-13-10-11(12,3)5-2/h4,6H,5,7-10H2,1-3H3/b6-4+. The molecule has 1 rings (SSSR count). The van der Waals surface area contributed by atoms with Gasteiger partial charge in [0.25, 0.3) is 0 Å². The van der Waals surface area contributed by atoms with E-state index in [-0.39, 0.29) is 5.54 Å². The first-order chi connectivity index (χ1) is 6.23. The molecule has 0 radical (unpaired) electrons. The molecule has 0 amide bonds. The molecule has 13 heavy (non-hydrogen) atoms. The van der Waals surface area contributed by atoms with Gasteiger partial charge in [-0.2, -0.15) is 0 Å². The van der Waals surface area contributed by atoms with Crippen LogP contribution < -0.4 is 0 Å². The predicted molar refractivity (Wildman–Crippen MR) is 55.9 cm³/mol. The molecule has 0 aromatic carbocycles. The Bertz CT molecular complexity index is 179. The van der Waals surface area contributed by atoms with Gasteiger partial charge in [0.05, 0.1) is 13.2 Å². The third-order valence-corrected chi connectivity index (χ3v) is 3.01. The molecule has 1 unspecified atom stereocenters. The van der Waals surface area contributed by atoms with Gasteiger partial charge in [-0.3, -0.25) is 4.90 Å². The summed E-state index contributed by atoms with van der Waals surface area (Å²) in [5, 5.41) is 0. The number of hydrogen-bond acceptors (Lipinski definition) is 2. The van der Waals surface area contributed by atoms with Crippen molar-refractivity contribution >= 4 is 0 Å². The van der Waals surface area contributed by atoms with Crippen molar-refractivity contribution in [3.63, 3.8) is 0 Å². The van der Waals surface area contributed by atoms with E-state index < -0.39 is 0 Å². The maximum atomic E-state index is 5.52. The molecule has 0 aromatic rings. The molecule has 0 aromatic heterocycles. The highest BCUT2D eigenvalue weighted by Crippen LogP contribution is 2.22. The van der Waals surface area contributed by atoms with Gasteiger partial charge < -0.3 is 4.74 Å². The molecule has 0 N–H and O–H groups in total. The van der Waals surface area contributed by atoms with Crippen molar-refractivity contribution in [2.75, 3.05) is 26.3 Å². The summed E-state index contributed by atoms with van der Waals surface area (Å²) in [5.74, 6) is 0. The van der Waals surface area contributed by atoms with Crippen LogP contribution in [-0.2, 0) is 4.74 Å². The van der Waals surface area contributed by atoms with Crippen molar-refractivity contribution < 1.29 is 4.74 Å². The van der Waals surface area contributed by atoms with E-state index >= 15 is 0 Å². The van der Waals surface area contributed by atoms with Crippen LogP contribution >= 0.6 is 0 Å². The van der Waals surface area contributed by atoms with Crippen LogP contribution in [0.4, 0.5) is 0 Å². The SMILES string of the molecule is C/C=C/CN1CCOCC1(C)CC. The lowest BCUT2D eigenvalue weighted by Gasteiger charge is -2.43. The van der Waals surface area contributed by atoms with Gasteiger partial charge in [0.15, 0.2) is 0 Å². The molecule has 1 aliphatic heterocycles. The second-order valence-electron chi connectivity index (χ2n) is 3.92. The number of ether oxygens (including phenoxy) is 1. The second kappa shape index (κ2) is 4.77. The molecule has 0 spiro atoms. The molecule has 1 fully saturated rings. The molecule has 2 heteroatoms. The van der Waals surface area contributed by atoms with E-state index in [0.29, 0.717) is 0 Å². The summed E-state index contributed by atoms with van der Waals surface area (Å²) in [5.41, 5.74) is 0.248. The topological polar surface area (TPSA) is 12.5 Å². The van der Waals surface area contributed by atoms with E-state index in [1.807, 2.05) is 0 Å². The number of rotatable bonds is 3. The Balaban J connectivity index is 2.56. The Morgan fingerprint density at radius 2 is 2.31 bits per heavy atom. The predicted octanol–water partition coefficient (Wildman–Crippen LogP) is 2.06. The second-order valence-corrected chi connectivity index (χ2v) is 3.92. The number of hydrogen-bond donors (Lipinski definition) is 0. The smallest absolute Gasteiger partial charge is 0.0648 e. The zero-order valence-corrected chi connectivity index (χ0v) is 9.05. The van der Waals surface area contributed by atoms with E-state index in [0.717, 1.165) is 32.7 Å². The molecule has 0 bridgehead atoms. The minimum Gasteiger partial charge on any atom is -0.378 e. The van der Waals surface area contributed by atoms with Gasteiger partial charge in [0.1, 0.15) is 0 Å². The third kappa shape index (κ3) is 2.55. The van der Waals surface area contributed by atoms with Gasteiger partial charge in [-0.05, 0) is 20.3 Å². The summed E-state index contributed by atoms with van der Waals surface area (Å²) < 4.78 is 5.52. The minimum absolute atomic E-state index is 0.248. The fourth-order valence-corrected chi connectivity index (χ4v) is 1.70. The van der Waals surface area contributed by atoms with E-state index in [9.17, 15) is 0 Å². The Morgan fingerprint density at radius 1 is 1.54 bits per heavy atom. The molecule has 2 nitrogen and oxygen atoms in total. The van der Waals surface area contributed by atoms with Gasteiger partial charge >= 0.3 is 0 Å². The highest BCUT2D eigenvalue weighted by molar-refractivity contribution is 4.92. The van der Waals surface area contributed by atoms with Crippen molar-refractivity contribution in [2.45, 2.75) is 32.7 Å². The lowest BCUT2D eigenvalue weighted by Crippen LogP contribution is -2.54. The van der Waals surface area contributed by atoms with Gasteiger partial charge in [-0.25, -0.2) is 0 Å². The van der Waals surface area contributed by atoms with E-state index in [2.05, 4.69) is 37.8 Å². The molecule has 1 atom stereocenters. The van der Waals surface area contributed by atoms with Crippen LogP contribution in [0.3, 0.4) is 0 Å². The fraction of sp³-hybridized carbons (Fsp3) is 0.818. The molecule has 0 aliphatic carbocycles. The van der Waals surface area contributed by atoms with Crippen LogP contribution in [0.25, 0.3) is 0 Å². The maximum Gasteiger partial charge on any atom is 0.0648 e. The van der Waals surface area contributed by atoms with Crippen LogP contribution in [0, 0.1) is 0 Å². The average Bonchev–Trinajstić information content (AvgIpc) is 2.17. The first kappa shape index (κ1) is 10.7. The Morgan fingerprint density at radius 3 is 2.92 bits per heavy atom. The molecular formula is C11H21NO. The van der Waals surface area contributed by atoms with Crippen LogP contribution in [-0.4, -0.2) is 36.7 Å². The summed E-state index contributed by atoms with van der Waals surface area (Å²) in [6, 6.07) is 0. The van der Waals surface area contributed by atoms with Gasteiger partial charge in [-0.15, -0.1) is 0 Å². The monoisotopic (exact) mass is 183 g/mol. The lowest BCUT2D eigenvalue weighted by atomic mass is 9.96. The van der Waals surface area contributed by atoms with Crippen molar-refractivity contribution in [3.05, 3.63) is 12.2 Å². The summed E-state index contributed by atoms with van der Waals surface area (Å²) in [6.07, 6.45) is 5.50. The Labute approximate surface area is 81.6 Å². The highest BCUT2D eigenvalue weighted by Gasteiger charge is 2.32. The third-order valence-electron chi connectivity index (χ3n) is 3.01. The zero-order chi connectivity index (χ0) is 9.73. The largest absolute Gasteiger partial charge is 0.378 e. The number of morpholine rings is 1. The first-order valence-corrected chi connectivity index (χ1v) is 5.17. The van der Waals surface area contributed by atoms with Crippen molar-refractivity contribution in [1.82, 2.24) is 4.90 Å². The van der Waals surface area contributed by atoms with Crippen molar-refractivity contribution in [3.8, 4) is 0 Å². The molecule has 1 saturated heterocycles. The van der Waals surface area contributed by atoms with Crippen molar-refractivity contribution in [1.29, 1.82) is 0 Å². The molecule has 1 aliphatic rings. The van der Waals surface area contributed by atoms with Crippen molar-refractivity contribution in [2.24, 2.45) is 0 Å². The Hall–Kier alpha value is -0.340. The van der Waals surface area contributed by atoms with Crippen LogP contribution in [0.5, 0.6) is 0 Å². The number of nitrogens with zero attached hydrogens (tertiary/aromatic N) is 1. The van der Waals surface area contributed by atoms with Gasteiger partial charge in [0.2, 0.25) is 0 Å². The molecular weight excluding hydrogens is 162 g/mol. The summed E-state index contributed by atoms with van der Waals surface area (Å²) in [6.45, 7) is 10.5. The first-order valence-electron chi connectivity index (χ1n) is 5.17. The zero-order valence-electron chi connectivity index (χ0n) is 9.05. The maximum absolute atomic E-state index is 5.52.